The van der Waals surface area contributed by atoms with Gasteiger partial charge in [0.25, 0.3) is 0 Å². The molecule has 0 bridgehead atoms. The standard InChI is InChI=1S/C15H14FN5.ClH/c16-12-6-2-1-5-10(12)13-11(9-17)14(18)20-15(19-13)21-7-3-4-8-21;/h1-2,5-6H,3-4,7-8H2,(H2,18,19,20);1H. The Bertz CT molecular complexity index is 722. The van der Waals surface area contributed by atoms with E-state index in [2.05, 4.69) is 9.97 Å². The second-order valence-electron chi connectivity index (χ2n) is 4.92. The van der Waals surface area contributed by atoms with Crippen LogP contribution in [0.1, 0.15) is 18.4 Å². The number of nitrogens with zero attached hydrogens (tertiary/aromatic N) is 4. The average molecular weight is 320 g/mol. The van der Waals surface area contributed by atoms with E-state index < -0.39 is 5.82 Å². The summed E-state index contributed by atoms with van der Waals surface area (Å²) in [6.45, 7) is 1.70. The van der Waals surface area contributed by atoms with E-state index >= 15 is 0 Å². The van der Waals surface area contributed by atoms with Crippen molar-refractivity contribution < 1.29 is 4.39 Å². The van der Waals surface area contributed by atoms with E-state index in [9.17, 15) is 9.65 Å². The molecule has 0 aliphatic carbocycles. The van der Waals surface area contributed by atoms with Crippen molar-refractivity contribution in [3.8, 4) is 17.3 Å². The topological polar surface area (TPSA) is 78.8 Å². The molecule has 22 heavy (non-hydrogen) atoms. The number of hydrogen-bond donors (Lipinski definition) is 1. The van der Waals surface area contributed by atoms with Crippen LogP contribution in [0, 0.1) is 17.1 Å². The van der Waals surface area contributed by atoms with Gasteiger partial charge in [0.2, 0.25) is 5.95 Å². The number of anilines is 2. The lowest BCUT2D eigenvalue weighted by atomic mass is 10.1. The zero-order valence-corrected chi connectivity index (χ0v) is 12.6. The summed E-state index contributed by atoms with van der Waals surface area (Å²) in [5.74, 6) is 0.120. The Morgan fingerprint density at radius 3 is 2.50 bits per heavy atom. The molecule has 2 N–H and O–H groups in total. The Kier molecular flexibility index (Phi) is 4.78. The Labute approximate surface area is 134 Å². The fourth-order valence-corrected chi connectivity index (χ4v) is 2.48. The minimum atomic E-state index is -0.431. The summed E-state index contributed by atoms with van der Waals surface area (Å²) in [5.41, 5.74) is 6.50. The van der Waals surface area contributed by atoms with Crippen LogP contribution in [0.25, 0.3) is 11.3 Å². The van der Waals surface area contributed by atoms with Gasteiger partial charge in [-0.1, -0.05) is 12.1 Å². The molecule has 0 unspecified atom stereocenters. The van der Waals surface area contributed by atoms with Crippen molar-refractivity contribution in [2.45, 2.75) is 12.8 Å². The molecule has 0 atom stereocenters. The first kappa shape index (κ1) is 16.0. The fraction of sp³-hybridized carbons (Fsp3) is 0.267. The molecular formula is C15H15ClFN5. The van der Waals surface area contributed by atoms with E-state index in [0.29, 0.717) is 5.95 Å². The van der Waals surface area contributed by atoms with Crippen LogP contribution in [0.3, 0.4) is 0 Å². The van der Waals surface area contributed by atoms with Gasteiger partial charge in [-0.3, -0.25) is 0 Å². The SMILES string of the molecule is Cl.N#Cc1c(N)nc(N2CCCC2)nc1-c1ccccc1F. The highest BCUT2D eigenvalue weighted by molar-refractivity contribution is 5.85. The van der Waals surface area contributed by atoms with E-state index in [1.807, 2.05) is 11.0 Å². The molecule has 1 aromatic carbocycles. The number of hydrogen-bond acceptors (Lipinski definition) is 5. The maximum Gasteiger partial charge on any atom is 0.227 e. The number of aromatic nitrogens is 2. The molecule has 7 heteroatoms. The Hall–Kier alpha value is -2.39. The van der Waals surface area contributed by atoms with Gasteiger partial charge in [-0.05, 0) is 25.0 Å². The van der Waals surface area contributed by atoms with E-state index in [4.69, 9.17) is 5.73 Å². The molecule has 1 aliphatic rings. The molecular weight excluding hydrogens is 305 g/mol. The first-order valence-corrected chi connectivity index (χ1v) is 6.78. The minimum Gasteiger partial charge on any atom is -0.382 e. The normalized spacial score (nSPS) is 13.5. The summed E-state index contributed by atoms with van der Waals surface area (Å²) in [5, 5.41) is 9.26. The number of benzene rings is 1. The van der Waals surface area contributed by atoms with Gasteiger partial charge in [-0.2, -0.15) is 10.2 Å². The zero-order chi connectivity index (χ0) is 14.8. The molecule has 3 rings (SSSR count). The van der Waals surface area contributed by atoms with Gasteiger partial charge in [-0.15, -0.1) is 12.4 Å². The molecule has 0 saturated carbocycles. The van der Waals surface area contributed by atoms with Crippen LogP contribution in [-0.4, -0.2) is 23.1 Å². The molecule has 2 aromatic rings. The molecule has 1 aromatic heterocycles. The third-order valence-corrected chi connectivity index (χ3v) is 3.55. The van der Waals surface area contributed by atoms with Gasteiger partial charge < -0.3 is 10.6 Å². The highest BCUT2D eigenvalue weighted by Crippen LogP contribution is 2.29. The van der Waals surface area contributed by atoms with Crippen molar-refractivity contribution in [1.82, 2.24) is 9.97 Å². The van der Waals surface area contributed by atoms with Crippen LogP contribution >= 0.6 is 12.4 Å². The monoisotopic (exact) mass is 319 g/mol. The van der Waals surface area contributed by atoms with Gasteiger partial charge in [0.1, 0.15) is 23.3 Å². The molecule has 0 spiro atoms. The van der Waals surface area contributed by atoms with E-state index in [0.717, 1.165) is 25.9 Å². The zero-order valence-electron chi connectivity index (χ0n) is 11.8. The van der Waals surface area contributed by atoms with Crippen LogP contribution < -0.4 is 10.6 Å². The lowest BCUT2D eigenvalue weighted by molar-refractivity contribution is 0.630. The molecule has 1 aliphatic heterocycles. The first-order chi connectivity index (χ1) is 10.2. The molecule has 0 radical (unpaired) electrons. The number of nitrogen functional groups attached to an aromatic ring is 1. The van der Waals surface area contributed by atoms with E-state index in [1.54, 1.807) is 18.2 Å². The summed E-state index contributed by atoms with van der Waals surface area (Å²) in [6, 6.07) is 8.19. The average Bonchev–Trinajstić information content (AvgIpc) is 3.01. The van der Waals surface area contributed by atoms with Gasteiger partial charge in [0.15, 0.2) is 0 Å². The smallest absolute Gasteiger partial charge is 0.227 e. The van der Waals surface area contributed by atoms with Crippen molar-refractivity contribution in [3.05, 3.63) is 35.6 Å². The minimum absolute atomic E-state index is 0. The maximum absolute atomic E-state index is 14.0. The Morgan fingerprint density at radius 1 is 1.18 bits per heavy atom. The number of nitrogens with two attached hydrogens (primary N) is 1. The van der Waals surface area contributed by atoms with Crippen molar-refractivity contribution in [2.24, 2.45) is 0 Å². The summed E-state index contributed by atoms with van der Waals surface area (Å²) in [7, 11) is 0. The van der Waals surface area contributed by atoms with Crippen molar-refractivity contribution >= 4 is 24.2 Å². The lowest BCUT2D eigenvalue weighted by Crippen LogP contribution is -2.21. The second-order valence-corrected chi connectivity index (χ2v) is 4.92. The van der Waals surface area contributed by atoms with Crippen LogP contribution in [0.4, 0.5) is 16.2 Å². The quantitative estimate of drug-likeness (QED) is 0.920. The highest BCUT2D eigenvalue weighted by atomic mass is 35.5. The predicted molar refractivity (Wildman–Crippen MR) is 85.2 cm³/mol. The summed E-state index contributed by atoms with van der Waals surface area (Å²) < 4.78 is 14.0. The van der Waals surface area contributed by atoms with Gasteiger partial charge >= 0.3 is 0 Å². The van der Waals surface area contributed by atoms with E-state index in [1.165, 1.54) is 6.07 Å². The second kappa shape index (κ2) is 6.58. The molecule has 0 amide bonds. The number of rotatable bonds is 2. The highest BCUT2D eigenvalue weighted by Gasteiger charge is 2.21. The fourth-order valence-electron chi connectivity index (χ4n) is 2.48. The van der Waals surface area contributed by atoms with Crippen LogP contribution in [0.5, 0.6) is 0 Å². The molecule has 1 saturated heterocycles. The Morgan fingerprint density at radius 2 is 1.86 bits per heavy atom. The van der Waals surface area contributed by atoms with Gasteiger partial charge in [-0.25, -0.2) is 9.37 Å². The maximum atomic E-state index is 14.0. The van der Waals surface area contributed by atoms with Crippen LogP contribution in [-0.2, 0) is 0 Å². The molecule has 5 nitrogen and oxygen atoms in total. The summed E-state index contributed by atoms with van der Waals surface area (Å²) in [6.07, 6.45) is 2.14. The van der Waals surface area contributed by atoms with Crippen molar-refractivity contribution in [3.63, 3.8) is 0 Å². The first-order valence-electron chi connectivity index (χ1n) is 6.78. The molecule has 1 fully saturated rings. The van der Waals surface area contributed by atoms with Crippen LogP contribution in [0.15, 0.2) is 24.3 Å². The van der Waals surface area contributed by atoms with Crippen molar-refractivity contribution in [1.29, 1.82) is 5.26 Å². The third kappa shape index (κ3) is 2.81. The largest absolute Gasteiger partial charge is 0.382 e. The predicted octanol–water partition coefficient (Wildman–Crippen LogP) is 2.76. The molecule has 2 heterocycles. The van der Waals surface area contributed by atoms with Crippen molar-refractivity contribution in [2.75, 3.05) is 23.7 Å². The number of halogens is 2. The lowest BCUT2D eigenvalue weighted by Gasteiger charge is -2.17. The summed E-state index contributed by atoms with van der Waals surface area (Å²) in [4.78, 5) is 10.6. The van der Waals surface area contributed by atoms with Gasteiger partial charge in [0, 0.05) is 18.7 Å². The van der Waals surface area contributed by atoms with Crippen LogP contribution in [0.2, 0.25) is 0 Å². The van der Waals surface area contributed by atoms with Gasteiger partial charge in [0.05, 0.1) is 5.69 Å². The van der Waals surface area contributed by atoms with E-state index in [-0.39, 0.29) is 35.0 Å². The Balaban J connectivity index is 0.00000176. The molecule has 114 valence electrons. The summed E-state index contributed by atoms with van der Waals surface area (Å²) >= 11 is 0. The third-order valence-electron chi connectivity index (χ3n) is 3.55. The number of nitriles is 1.